The van der Waals surface area contributed by atoms with E-state index in [0.717, 1.165) is 30.0 Å². The van der Waals surface area contributed by atoms with E-state index in [-0.39, 0.29) is 11.8 Å². The van der Waals surface area contributed by atoms with Crippen LogP contribution in [0.25, 0.3) is 0 Å². The van der Waals surface area contributed by atoms with E-state index >= 15 is 0 Å². The smallest absolute Gasteiger partial charge is 0.308 e. The quantitative estimate of drug-likeness (QED) is 0.904. The Hall–Kier alpha value is -1.55. The van der Waals surface area contributed by atoms with E-state index in [0.29, 0.717) is 6.54 Å². The Kier molecular flexibility index (Phi) is 4.10. The average molecular weight is 263 g/mol. The van der Waals surface area contributed by atoms with Crippen molar-refractivity contribution < 1.29 is 14.6 Å². The molecule has 2 unspecified atom stereocenters. The number of hydrogen-bond acceptors (Lipinski definition) is 3. The lowest BCUT2D eigenvalue weighted by Crippen LogP contribution is -2.23. The van der Waals surface area contributed by atoms with Crippen LogP contribution in [0.4, 0.5) is 0 Å². The minimum absolute atomic E-state index is 0.00741. The van der Waals surface area contributed by atoms with Crippen molar-refractivity contribution in [2.45, 2.75) is 19.8 Å². The molecule has 1 aromatic rings. The number of likely N-dealkylation sites (tertiary alicyclic amines) is 1. The second-order valence-electron chi connectivity index (χ2n) is 5.15. The van der Waals surface area contributed by atoms with Gasteiger partial charge >= 0.3 is 5.97 Å². The van der Waals surface area contributed by atoms with Crippen molar-refractivity contribution in [3.63, 3.8) is 0 Å². The Balaban J connectivity index is 2.36. The Labute approximate surface area is 114 Å². The van der Waals surface area contributed by atoms with Gasteiger partial charge in [-0.15, -0.1) is 0 Å². The fourth-order valence-electron chi connectivity index (χ4n) is 2.83. The monoisotopic (exact) mass is 263 g/mol. The number of carboxylic acids is 1. The molecule has 1 N–H and O–H groups in total. The molecule has 1 aliphatic rings. The van der Waals surface area contributed by atoms with Gasteiger partial charge in [0.1, 0.15) is 5.75 Å². The standard InChI is InChI=1S/C15H21NO3/c1-4-16-8-12(13(9-16)15(17)18)11-6-5-10(2)7-14(11)19-3/h5-7,12-13H,4,8-9H2,1-3H3,(H,17,18). The minimum Gasteiger partial charge on any atom is -0.496 e. The van der Waals surface area contributed by atoms with Crippen molar-refractivity contribution in [2.24, 2.45) is 5.92 Å². The fourth-order valence-corrected chi connectivity index (χ4v) is 2.83. The van der Waals surface area contributed by atoms with Gasteiger partial charge in [-0.2, -0.15) is 0 Å². The molecule has 4 heteroatoms. The van der Waals surface area contributed by atoms with Gasteiger partial charge in [-0.25, -0.2) is 0 Å². The first-order chi connectivity index (χ1) is 9.06. The van der Waals surface area contributed by atoms with E-state index in [4.69, 9.17) is 4.74 Å². The van der Waals surface area contributed by atoms with Crippen LogP contribution in [0, 0.1) is 12.8 Å². The molecule has 0 aromatic heterocycles. The van der Waals surface area contributed by atoms with Gasteiger partial charge in [0, 0.05) is 19.0 Å². The molecule has 0 spiro atoms. The predicted octanol–water partition coefficient (Wildman–Crippen LogP) is 2.12. The third kappa shape index (κ3) is 2.73. The predicted molar refractivity (Wildman–Crippen MR) is 73.7 cm³/mol. The number of aryl methyl sites for hydroxylation is 1. The first kappa shape index (κ1) is 13.9. The summed E-state index contributed by atoms with van der Waals surface area (Å²) in [6.45, 7) is 6.36. The highest BCUT2D eigenvalue weighted by molar-refractivity contribution is 5.72. The molecule has 2 rings (SSSR count). The van der Waals surface area contributed by atoms with Gasteiger partial charge in [-0.1, -0.05) is 19.1 Å². The highest BCUT2D eigenvalue weighted by Gasteiger charge is 2.39. The van der Waals surface area contributed by atoms with Crippen LogP contribution < -0.4 is 4.74 Å². The molecule has 2 atom stereocenters. The molecule has 0 aliphatic carbocycles. The summed E-state index contributed by atoms with van der Waals surface area (Å²) < 4.78 is 5.42. The van der Waals surface area contributed by atoms with Crippen LogP contribution >= 0.6 is 0 Å². The lowest BCUT2D eigenvalue weighted by molar-refractivity contribution is -0.141. The van der Waals surface area contributed by atoms with Crippen LogP contribution in [0.3, 0.4) is 0 Å². The number of ether oxygens (including phenoxy) is 1. The van der Waals surface area contributed by atoms with E-state index < -0.39 is 5.97 Å². The molecule has 4 nitrogen and oxygen atoms in total. The SMILES string of the molecule is CCN1CC(C(=O)O)C(c2ccc(C)cc2OC)C1. The van der Waals surface area contributed by atoms with Gasteiger partial charge in [0.2, 0.25) is 0 Å². The molecule has 0 amide bonds. The molecule has 0 bridgehead atoms. The van der Waals surface area contributed by atoms with Gasteiger partial charge < -0.3 is 14.7 Å². The Morgan fingerprint density at radius 2 is 2.21 bits per heavy atom. The molecule has 1 saturated heterocycles. The molecule has 1 fully saturated rings. The third-order valence-corrected chi connectivity index (χ3v) is 3.95. The zero-order valence-corrected chi connectivity index (χ0v) is 11.7. The van der Waals surface area contributed by atoms with E-state index in [1.807, 2.05) is 25.1 Å². The largest absolute Gasteiger partial charge is 0.496 e. The Morgan fingerprint density at radius 3 is 2.79 bits per heavy atom. The maximum atomic E-state index is 11.4. The third-order valence-electron chi connectivity index (χ3n) is 3.95. The Morgan fingerprint density at radius 1 is 1.47 bits per heavy atom. The second kappa shape index (κ2) is 5.61. The number of aliphatic carboxylic acids is 1. The summed E-state index contributed by atoms with van der Waals surface area (Å²) >= 11 is 0. The lowest BCUT2D eigenvalue weighted by Gasteiger charge is -2.18. The van der Waals surface area contributed by atoms with Crippen LogP contribution in [-0.4, -0.2) is 42.7 Å². The topological polar surface area (TPSA) is 49.8 Å². The number of rotatable bonds is 4. The zero-order valence-electron chi connectivity index (χ0n) is 11.7. The van der Waals surface area contributed by atoms with Crippen LogP contribution in [0.5, 0.6) is 5.75 Å². The summed E-state index contributed by atoms with van der Waals surface area (Å²) in [6, 6.07) is 6.00. The summed E-state index contributed by atoms with van der Waals surface area (Å²) in [5, 5.41) is 9.41. The number of hydrogen-bond donors (Lipinski definition) is 1. The van der Waals surface area contributed by atoms with Gasteiger partial charge in [-0.05, 0) is 30.7 Å². The fraction of sp³-hybridized carbons (Fsp3) is 0.533. The van der Waals surface area contributed by atoms with Crippen LogP contribution in [0.15, 0.2) is 18.2 Å². The summed E-state index contributed by atoms with van der Waals surface area (Å²) in [5.74, 6) is -0.262. The van der Waals surface area contributed by atoms with Gasteiger partial charge in [0.15, 0.2) is 0 Å². The number of carboxylic acid groups (broad SMARTS) is 1. The van der Waals surface area contributed by atoms with E-state index in [1.165, 1.54) is 0 Å². The number of likely N-dealkylation sites (N-methyl/N-ethyl adjacent to an activating group) is 1. The maximum absolute atomic E-state index is 11.4. The van der Waals surface area contributed by atoms with Gasteiger partial charge in [0.25, 0.3) is 0 Å². The molecule has 19 heavy (non-hydrogen) atoms. The van der Waals surface area contributed by atoms with Crippen molar-refractivity contribution >= 4 is 5.97 Å². The van der Waals surface area contributed by atoms with Gasteiger partial charge in [-0.3, -0.25) is 4.79 Å². The van der Waals surface area contributed by atoms with Crippen molar-refractivity contribution in [1.82, 2.24) is 4.90 Å². The molecule has 0 radical (unpaired) electrons. The molecule has 0 saturated carbocycles. The minimum atomic E-state index is -0.719. The number of benzene rings is 1. The molecular formula is C15H21NO3. The van der Waals surface area contributed by atoms with Crippen LogP contribution in [0.2, 0.25) is 0 Å². The Bertz CT molecular complexity index is 472. The summed E-state index contributed by atoms with van der Waals surface area (Å²) in [7, 11) is 1.64. The first-order valence-electron chi connectivity index (χ1n) is 6.66. The highest BCUT2D eigenvalue weighted by Crippen LogP contribution is 2.37. The van der Waals surface area contributed by atoms with Crippen LogP contribution in [-0.2, 0) is 4.79 Å². The molecule has 1 aromatic carbocycles. The second-order valence-corrected chi connectivity index (χ2v) is 5.15. The van der Waals surface area contributed by atoms with E-state index in [1.54, 1.807) is 7.11 Å². The average Bonchev–Trinajstić information content (AvgIpc) is 2.82. The number of carbonyl (C=O) groups is 1. The summed E-state index contributed by atoms with van der Waals surface area (Å²) in [5.41, 5.74) is 2.13. The maximum Gasteiger partial charge on any atom is 0.308 e. The normalized spacial score (nSPS) is 23.5. The number of nitrogens with zero attached hydrogens (tertiary/aromatic N) is 1. The molecule has 104 valence electrons. The van der Waals surface area contributed by atoms with E-state index in [9.17, 15) is 9.90 Å². The van der Waals surface area contributed by atoms with Gasteiger partial charge in [0.05, 0.1) is 13.0 Å². The van der Waals surface area contributed by atoms with Crippen molar-refractivity contribution in [3.05, 3.63) is 29.3 Å². The lowest BCUT2D eigenvalue weighted by atomic mass is 9.88. The van der Waals surface area contributed by atoms with Crippen LogP contribution in [0.1, 0.15) is 24.0 Å². The molecular weight excluding hydrogens is 242 g/mol. The first-order valence-corrected chi connectivity index (χ1v) is 6.66. The summed E-state index contributed by atoms with van der Waals surface area (Å²) in [4.78, 5) is 13.6. The van der Waals surface area contributed by atoms with Crippen molar-refractivity contribution in [3.8, 4) is 5.75 Å². The summed E-state index contributed by atoms with van der Waals surface area (Å²) in [6.07, 6.45) is 0. The van der Waals surface area contributed by atoms with E-state index in [2.05, 4.69) is 11.8 Å². The highest BCUT2D eigenvalue weighted by atomic mass is 16.5. The molecule has 1 heterocycles. The van der Waals surface area contributed by atoms with Crippen molar-refractivity contribution in [1.29, 1.82) is 0 Å². The zero-order chi connectivity index (χ0) is 14.0. The molecule has 1 aliphatic heterocycles. The number of methoxy groups -OCH3 is 1. The van der Waals surface area contributed by atoms with Crippen molar-refractivity contribution in [2.75, 3.05) is 26.7 Å².